The maximum absolute atomic E-state index is 13.0. The van der Waals surface area contributed by atoms with Crippen molar-refractivity contribution in [1.82, 2.24) is 15.5 Å². The Hall–Kier alpha value is -1.44. The van der Waals surface area contributed by atoms with Crippen LogP contribution < -0.4 is 10.6 Å². The van der Waals surface area contributed by atoms with Gasteiger partial charge < -0.3 is 15.4 Å². The number of nitrogens with one attached hydrogen (secondary N) is 2. The van der Waals surface area contributed by atoms with E-state index < -0.39 is 5.41 Å². The Kier molecular flexibility index (Phi) is 7.26. The molecule has 148 valence electrons. The van der Waals surface area contributed by atoms with Crippen LogP contribution in [0.15, 0.2) is 28.7 Å². The van der Waals surface area contributed by atoms with E-state index >= 15 is 0 Å². The van der Waals surface area contributed by atoms with E-state index in [1.54, 1.807) is 0 Å². The van der Waals surface area contributed by atoms with Gasteiger partial charge >= 0.3 is 0 Å². The van der Waals surface area contributed by atoms with Crippen molar-refractivity contribution in [3.8, 4) is 0 Å². The summed E-state index contributed by atoms with van der Waals surface area (Å²) in [7, 11) is 0. The minimum atomic E-state index is -0.505. The molecule has 1 aliphatic carbocycles. The molecule has 7 heteroatoms. The van der Waals surface area contributed by atoms with Crippen LogP contribution in [-0.4, -0.2) is 62.7 Å². The van der Waals surface area contributed by atoms with Gasteiger partial charge in [0.05, 0.1) is 25.2 Å². The van der Waals surface area contributed by atoms with Crippen LogP contribution in [0.3, 0.4) is 0 Å². The molecule has 1 saturated heterocycles. The fourth-order valence-corrected chi connectivity index (χ4v) is 4.23. The zero-order valence-electron chi connectivity index (χ0n) is 15.6. The van der Waals surface area contributed by atoms with Crippen molar-refractivity contribution in [2.45, 2.75) is 31.1 Å². The van der Waals surface area contributed by atoms with Crippen molar-refractivity contribution in [2.24, 2.45) is 0 Å². The van der Waals surface area contributed by atoms with Gasteiger partial charge in [-0.1, -0.05) is 40.9 Å². The number of rotatable bonds is 7. The van der Waals surface area contributed by atoms with E-state index in [1.165, 1.54) is 0 Å². The second kappa shape index (κ2) is 9.66. The predicted molar refractivity (Wildman–Crippen MR) is 108 cm³/mol. The summed E-state index contributed by atoms with van der Waals surface area (Å²) in [5.41, 5.74) is 0.530. The van der Waals surface area contributed by atoms with Gasteiger partial charge in [0.1, 0.15) is 0 Å². The first-order valence-electron chi connectivity index (χ1n) is 9.71. The largest absolute Gasteiger partial charge is 0.379 e. The summed E-state index contributed by atoms with van der Waals surface area (Å²) in [6.07, 6.45) is 3.74. The number of benzene rings is 1. The number of nitrogens with zero attached hydrogens (tertiary/aromatic N) is 1. The average molecular weight is 438 g/mol. The quantitative estimate of drug-likeness (QED) is 0.682. The number of halogens is 1. The molecule has 1 aliphatic heterocycles. The highest BCUT2D eigenvalue weighted by molar-refractivity contribution is 9.10. The lowest BCUT2D eigenvalue weighted by Gasteiger charge is -2.28. The zero-order chi connectivity index (χ0) is 19.1. The van der Waals surface area contributed by atoms with Gasteiger partial charge in [-0.3, -0.25) is 14.5 Å². The van der Waals surface area contributed by atoms with Gasteiger partial charge in [-0.25, -0.2) is 0 Å². The molecule has 0 bridgehead atoms. The molecular weight excluding hydrogens is 410 g/mol. The second-order valence-corrected chi connectivity index (χ2v) is 8.20. The molecule has 0 unspecified atom stereocenters. The Morgan fingerprint density at radius 2 is 1.74 bits per heavy atom. The van der Waals surface area contributed by atoms with Crippen LogP contribution in [0.2, 0.25) is 0 Å². The minimum Gasteiger partial charge on any atom is -0.379 e. The van der Waals surface area contributed by atoms with Crippen molar-refractivity contribution in [2.75, 3.05) is 45.9 Å². The number of carbonyl (C=O) groups is 2. The first kappa shape index (κ1) is 20.3. The SMILES string of the molecule is O=C(CNC(=O)C1(c2ccc(Br)cc2)CCCC1)NCCN1CCOCC1. The number of morpholine rings is 1. The van der Waals surface area contributed by atoms with Gasteiger partial charge in [-0.2, -0.15) is 0 Å². The molecule has 27 heavy (non-hydrogen) atoms. The van der Waals surface area contributed by atoms with Crippen LogP contribution in [0.1, 0.15) is 31.2 Å². The van der Waals surface area contributed by atoms with E-state index in [0.717, 1.165) is 68.6 Å². The van der Waals surface area contributed by atoms with Crippen LogP contribution in [0.4, 0.5) is 0 Å². The summed E-state index contributed by atoms with van der Waals surface area (Å²) in [6.45, 7) is 4.74. The lowest BCUT2D eigenvalue weighted by molar-refractivity contribution is -0.129. The molecule has 1 saturated carbocycles. The van der Waals surface area contributed by atoms with Gasteiger partial charge in [0.2, 0.25) is 11.8 Å². The van der Waals surface area contributed by atoms with E-state index in [1.807, 2.05) is 24.3 Å². The standard InChI is InChI=1S/C20H28BrN3O3/c21-17-5-3-16(4-6-17)20(7-1-2-8-20)19(26)23-15-18(25)22-9-10-24-11-13-27-14-12-24/h3-6H,1-2,7-15H2,(H,22,25)(H,23,26). The number of amides is 2. The van der Waals surface area contributed by atoms with Crippen LogP contribution in [0.25, 0.3) is 0 Å². The third-order valence-electron chi connectivity index (χ3n) is 5.55. The molecule has 1 aromatic rings. The highest BCUT2D eigenvalue weighted by Crippen LogP contribution is 2.41. The average Bonchev–Trinajstić information content (AvgIpc) is 3.18. The first-order valence-corrected chi connectivity index (χ1v) is 10.5. The third-order valence-corrected chi connectivity index (χ3v) is 6.08. The second-order valence-electron chi connectivity index (χ2n) is 7.28. The maximum Gasteiger partial charge on any atom is 0.239 e. The summed E-state index contributed by atoms with van der Waals surface area (Å²) >= 11 is 3.45. The fraction of sp³-hybridized carbons (Fsp3) is 0.600. The van der Waals surface area contributed by atoms with Crippen molar-refractivity contribution < 1.29 is 14.3 Å². The van der Waals surface area contributed by atoms with Gasteiger partial charge in [0.15, 0.2) is 0 Å². The molecule has 0 atom stereocenters. The van der Waals surface area contributed by atoms with Crippen molar-refractivity contribution in [1.29, 1.82) is 0 Å². The van der Waals surface area contributed by atoms with Crippen LogP contribution in [0, 0.1) is 0 Å². The Labute approximate surface area is 169 Å². The summed E-state index contributed by atoms with van der Waals surface area (Å²) in [6, 6.07) is 7.97. The first-order chi connectivity index (χ1) is 13.1. The topological polar surface area (TPSA) is 70.7 Å². The Morgan fingerprint density at radius 1 is 1.07 bits per heavy atom. The lowest BCUT2D eigenvalue weighted by Crippen LogP contribution is -2.47. The van der Waals surface area contributed by atoms with Gasteiger partial charge in [-0.05, 0) is 30.5 Å². The number of ether oxygens (including phenoxy) is 1. The van der Waals surface area contributed by atoms with E-state index in [9.17, 15) is 9.59 Å². The molecule has 0 spiro atoms. The van der Waals surface area contributed by atoms with Crippen molar-refractivity contribution >= 4 is 27.7 Å². The maximum atomic E-state index is 13.0. The van der Waals surface area contributed by atoms with Crippen LogP contribution >= 0.6 is 15.9 Å². The van der Waals surface area contributed by atoms with Crippen LogP contribution in [0.5, 0.6) is 0 Å². The van der Waals surface area contributed by atoms with Gasteiger partial charge in [0.25, 0.3) is 0 Å². The molecule has 2 N–H and O–H groups in total. The Balaban J connectivity index is 1.47. The minimum absolute atomic E-state index is 0.0280. The number of carbonyl (C=O) groups excluding carboxylic acids is 2. The molecule has 0 radical (unpaired) electrons. The highest BCUT2D eigenvalue weighted by Gasteiger charge is 2.42. The molecule has 2 amide bonds. The van der Waals surface area contributed by atoms with Crippen molar-refractivity contribution in [3.05, 3.63) is 34.3 Å². The predicted octanol–water partition coefficient (Wildman–Crippen LogP) is 1.83. The van der Waals surface area contributed by atoms with E-state index in [-0.39, 0.29) is 18.4 Å². The molecule has 3 rings (SSSR count). The normalized spacial score (nSPS) is 19.6. The molecule has 0 aromatic heterocycles. The smallest absolute Gasteiger partial charge is 0.239 e. The summed E-state index contributed by atoms with van der Waals surface area (Å²) < 4.78 is 6.31. The number of hydrogen-bond donors (Lipinski definition) is 2. The summed E-state index contributed by atoms with van der Waals surface area (Å²) in [4.78, 5) is 27.3. The van der Waals surface area contributed by atoms with Crippen LogP contribution in [-0.2, 0) is 19.7 Å². The third kappa shape index (κ3) is 5.30. The summed E-state index contributed by atoms with van der Waals surface area (Å²) in [5.74, 6) is -0.175. The highest BCUT2D eigenvalue weighted by atomic mass is 79.9. The molecule has 1 heterocycles. The van der Waals surface area contributed by atoms with E-state index in [0.29, 0.717) is 6.54 Å². The van der Waals surface area contributed by atoms with E-state index in [2.05, 4.69) is 31.5 Å². The Bertz CT molecular complexity index is 638. The molecular formula is C20H28BrN3O3. The fourth-order valence-electron chi connectivity index (χ4n) is 3.96. The van der Waals surface area contributed by atoms with Gasteiger partial charge in [0, 0.05) is 30.7 Å². The van der Waals surface area contributed by atoms with Crippen molar-refractivity contribution in [3.63, 3.8) is 0 Å². The molecule has 2 fully saturated rings. The lowest BCUT2D eigenvalue weighted by atomic mass is 9.78. The molecule has 1 aromatic carbocycles. The molecule has 2 aliphatic rings. The van der Waals surface area contributed by atoms with Gasteiger partial charge in [-0.15, -0.1) is 0 Å². The zero-order valence-corrected chi connectivity index (χ0v) is 17.2. The molecule has 6 nitrogen and oxygen atoms in total. The van der Waals surface area contributed by atoms with E-state index in [4.69, 9.17) is 4.74 Å². The Morgan fingerprint density at radius 3 is 2.41 bits per heavy atom. The summed E-state index contributed by atoms with van der Waals surface area (Å²) in [5, 5.41) is 5.76. The monoisotopic (exact) mass is 437 g/mol. The number of hydrogen-bond acceptors (Lipinski definition) is 4.